The molecule has 0 saturated heterocycles. The monoisotopic (exact) mass is 320 g/mol. The summed E-state index contributed by atoms with van der Waals surface area (Å²) in [6, 6.07) is 14.8. The van der Waals surface area contributed by atoms with Crippen molar-refractivity contribution >= 4 is 11.3 Å². The van der Waals surface area contributed by atoms with Gasteiger partial charge in [-0.3, -0.25) is 9.97 Å². The SMILES string of the molecule is c1ccc(-c2ccc(C(c3cncs3)C3CCCC3)cn2)cc1. The van der Waals surface area contributed by atoms with Crippen molar-refractivity contribution in [3.63, 3.8) is 0 Å². The van der Waals surface area contributed by atoms with E-state index in [1.54, 1.807) is 11.3 Å². The molecule has 0 amide bonds. The predicted molar refractivity (Wildman–Crippen MR) is 95.6 cm³/mol. The molecule has 116 valence electrons. The first-order chi connectivity index (χ1) is 11.4. The van der Waals surface area contributed by atoms with Crippen molar-refractivity contribution in [1.29, 1.82) is 0 Å². The molecule has 1 aliphatic carbocycles. The summed E-state index contributed by atoms with van der Waals surface area (Å²) in [5.74, 6) is 1.20. The van der Waals surface area contributed by atoms with E-state index in [1.165, 1.54) is 41.7 Å². The number of hydrogen-bond donors (Lipinski definition) is 0. The molecule has 0 N–H and O–H groups in total. The molecule has 0 aliphatic heterocycles. The second-order valence-corrected chi connectivity index (χ2v) is 7.19. The Morgan fingerprint density at radius 2 is 1.78 bits per heavy atom. The largest absolute Gasteiger partial charge is 0.256 e. The third-order valence-electron chi connectivity index (χ3n) is 4.84. The van der Waals surface area contributed by atoms with Gasteiger partial charge in [0, 0.05) is 28.8 Å². The van der Waals surface area contributed by atoms with Crippen molar-refractivity contribution in [2.45, 2.75) is 31.6 Å². The maximum Gasteiger partial charge on any atom is 0.0794 e. The second kappa shape index (κ2) is 6.63. The molecular formula is C20H20N2S. The molecule has 3 aromatic rings. The Bertz CT molecular complexity index is 729. The first-order valence-electron chi connectivity index (χ1n) is 8.31. The van der Waals surface area contributed by atoms with Gasteiger partial charge < -0.3 is 0 Å². The maximum absolute atomic E-state index is 4.74. The van der Waals surface area contributed by atoms with Crippen molar-refractivity contribution in [2.24, 2.45) is 5.92 Å². The molecule has 2 aromatic heterocycles. The molecule has 1 fully saturated rings. The fraction of sp³-hybridized carbons (Fsp3) is 0.300. The highest BCUT2D eigenvalue weighted by Gasteiger charge is 2.29. The molecular weight excluding hydrogens is 300 g/mol. The fourth-order valence-electron chi connectivity index (χ4n) is 3.71. The van der Waals surface area contributed by atoms with Crippen molar-refractivity contribution in [2.75, 3.05) is 0 Å². The molecule has 0 spiro atoms. The average Bonchev–Trinajstić information content (AvgIpc) is 3.31. The molecule has 2 nitrogen and oxygen atoms in total. The van der Waals surface area contributed by atoms with Gasteiger partial charge in [0.2, 0.25) is 0 Å². The number of rotatable bonds is 4. The van der Waals surface area contributed by atoms with Gasteiger partial charge in [-0.05, 0) is 30.4 Å². The van der Waals surface area contributed by atoms with Gasteiger partial charge in [0.25, 0.3) is 0 Å². The third-order valence-corrected chi connectivity index (χ3v) is 5.70. The van der Waals surface area contributed by atoms with Crippen LogP contribution in [0.4, 0.5) is 0 Å². The van der Waals surface area contributed by atoms with Crippen LogP contribution < -0.4 is 0 Å². The summed E-state index contributed by atoms with van der Waals surface area (Å²) in [5.41, 5.74) is 5.50. The van der Waals surface area contributed by atoms with E-state index in [0.717, 1.165) is 11.6 Å². The van der Waals surface area contributed by atoms with Crippen LogP contribution in [0.2, 0.25) is 0 Å². The predicted octanol–water partition coefficient (Wildman–Crippen LogP) is 5.53. The first-order valence-corrected chi connectivity index (χ1v) is 9.19. The molecule has 1 aliphatic rings. The van der Waals surface area contributed by atoms with Crippen LogP contribution in [-0.4, -0.2) is 9.97 Å². The van der Waals surface area contributed by atoms with E-state index >= 15 is 0 Å². The lowest BCUT2D eigenvalue weighted by Gasteiger charge is -2.22. The number of hydrogen-bond acceptors (Lipinski definition) is 3. The highest BCUT2D eigenvalue weighted by atomic mass is 32.1. The highest BCUT2D eigenvalue weighted by Crippen LogP contribution is 2.42. The van der Waals surface area contributed by atoms with E-state index in [2.05, 4.69) is 47.6 Å². The second-order valence-electron chi connectivity index (χ2n) is 6.27. The average molecular weight is 320 g/mol. The van der Waals surface area contributed by atoms with Crippen LogP contribution in [0.15, 0.2) is 60.4 Å². The maximum atomic E-state index is 4.74. The quantitative estimate of drug-likeness (QED) is 0.632. The molecule has 4 rings (SSSR count). The molecule has 23 heavy (non-hydrogen) atoms. The Kier molecular flexibility index (Phi) is 4.20. The number of aromatic nitrogens is 2. The summed E-state index contributed by atoms with van der Waals surface area (Å²) in [4.78, 5) is 10.4. The Hall–Kier alpha value is -2.00. The van der Waals surface area contributed by atoms with Crippen molar-refractivity contribution in [3.8, 4) is 11.3 Å². The van der Waals surface area contributed by atoms with E-state index in [4.69, 9.17) is 4.98 Å². The van der Waals surface area contributed by atoms with Crippen LogP contribution in [0, 0.1) is 5.92 Å². The Balaban J connectivity index is 1.66. The summed E-state index contributed by atoms with van der Waals surface area (Å²) in [6.07, 6.45) is 9.47. The minimum atomic E-state index is 0.460. The fourth-order valence-corrected chi connectivity index (χ4v) is 4.55. The van der Waals surface area contributed by atoms with Crippen LogP contribution in [0.25, 0.3) is 11.3 Å². The molecule has 1 atom stereocenters. The van der Waals surface area contributed by atoms with Crippen molar-refractivity contribution in [3.05, 3.63) is 70.8 Å². The van der Waals surface area contributed by atoms with Crippen LogP contribution >= 0.6 is 11.3 Å². The van der Waals surface area contributed by atoms with Crippen LogP contribution in [-0.2, 0) is 0 Å². The van der Waals surface area contributed by atoms with Crippen molar-refractivity contribution in [1.82, 2.24) is 9.97 Å². The van der Waals surface area contributed by atoms with Crippen LogP contribution in [0.1, 0.15) is 42.0 Å². The summed E-state index contributed by atoms with van der Waals surface area (Å²) in [5, 5.41) is 0. The standard InChI is InChI=1S/C20H20N2S/c1-2-6-15(7-3-1)18-11-10-17(12-22-18)20(16-8-4-5-9-16)19-13-21-14-23-19/h1-3,6-7,10-14,16,20H,4-5,8-9H2. The molecule has 1 saturated carbocycles. The van der Waals surface area contributed by atoms with E-state index in [-0.39, 0.29) is 0 Å². The number of pyridine rings is 1. The molecule has 0 bridgehead atoms. The summed E-state index contributed by atoms with van der Waals surface area (Å²) in [6.45, 7) is 0. The molecule has 1 unspecified atom stereocenters. The lowest BCUT2D eigenvalue weighted by atomic mass is 9.84. The van der Waals surface area contributed by atoms with Gasteiger partial charge in [-0.25, -0.2) is 0 Å². The van der Waals surface area contributed by atoms with Gasteiger partial charge in [-0.15, -0.1) is 11.3 Å². The van der Waals surface area contributed by atoms with Crippen molar-refractivity contribution < 1.29 is 0 Å². The number of nitrogens with zero attached hydrogens (tertiary/aromatic N) is 2. The van der Waals surface area contributed by atoms with Gasteiger partial charge in [0.05, 0.1) is 11.2 Å². The number of benzene rings is 1. The van der Waals surface area contributed by atoms with Gasteiger partial charge in [-0.2, -0.15) is 0 Å². The molecule has 1 aromatic carbocycles. The Morgan fingerprint density at radius 3 is 2.43 bits per heavy atom. The smallest absolute Gasteiger partial charge is 0.0794 e. The molecule has 2 heterocycles. The number of thiazole rings is 1. The topological polar surface area (TPSA) is 25.8 Å². The minimum absolute atomic E-state index is 0.460. The van der Waals surface area contributed by atoms with Gasteiger partial charge in [0.1, 0.15) is 0 Å². The van der Waals surface area contributed by atoms with E-state index in [1.807, 2.05) is 17.8 Å². The molecule has 3 heteroatoms. The Labute approximate surface area is 141 Å². The molecule has 0 radical (unpaired) electrons. The normalized spacial score (nSPS) is 16.5. The van der Waals surface area contributed by atoms with Crippen LogP contribution in [0.3, 0.4) is 0 Å². The third kappa shape index (κ3) is 3.06. The van der Waals surface area contributed by atoms with Gasteiger partial charge >= 0.3 is 0 Å². The van der Waals surface area contributed by atoms with Gasteiger partial charge in [-0.1, -0.05) is 49.2 Å². The zero-order chi connectivity index (χ0) is 15.5. The summed E-state index contributed by atoms with van der Waals surface area (Å²) in [7, 11) is 0. The zero-order valence-corrected chi connectivity index (χ0v) is 13.9. The zero-order valence-electron chi connectivity index (χ0n) is 13.1. The van der Waals surface area contributed by atoms with E-state index in [0.29, 0.717) is 5.92 Å². The lowest BCUT2D eigenvalue weighted by Crippen LogP contribution is -2.10. The van der Waals surface area contributed by atoms with E-state index in [9.17, 15) is 0 Å². The summed E-state index contributed by atoms with van der Waals surface area (Å²) < 4.78 is 0. The minimum Gasteiger partial charge on any atom is -0.256 e. The van der Waals surface area contributed by atoms with Crippen LogP contribution in [0.5, 0.6) is 0 Å². The summed E-state index contributed by atoms with van der Waals surface area (Å²) >= 11 is 1.77. The highest BCUT2D eigenvalue weighted by molar-refractivity contribution is 7.09. The van der Waals surface area contributed by atoms with Gasteiger partial charge in [0.15, 0.2) is 0 Å². The lowest BCUT2D eigenvalue weighted by molar-refractivity contribution is 0.487. The first kappa shape index (κ1) is 14.6. The Morgan fingerprint density at radius 1 is 0.957 bits per heavy atom. The van der Waals surface area contributed by atoms with E-state index < -0.39 is 0 Å².